The average Bonchev–Trinajstić information content (AvgIpc) is 3.50. The zero-order valence-electron chi connectivity index (χ0n) is 15.0. The molecular formula is C19H21N3O4S. The van der Waals surface area contributed by atoms with Gasteiger partial charge in [-0.2, -0.15) is 0 Å². The number of ether oxygens (including phenoxy) is 1. The summed E-state index contributed by atoms with van der Waals surface area (Å²) in [5.74, 6) is 0.984. The molecule has 142 valence electrons. The molecule has 0 saturated heterocycles. The molecule has 7 nitrogen and oxygen atoms in total. The van der Waals surface area contributed by atoms with Crippen molar-refractivity contribution in [1.82, 2.24) is 10.2 Å². The van der Waals surface area contributed by atoms with Crippen LogP contribution in [0.2, 0.25) is 0 Å². The van der Waals surface area contributed by atoms with Crippen LogP contribution < -0.4 is 10.1 Å². The number of methoxy groups -OCH3 is 1. The van der Waals surface area contributed by atoms with Crippen molar-refractivity contribution in [3.05, 3.63) is 53.8 Å². The summed E-state index contributed by atoms with van der Waals surface area (Å²) in [7, 11) is -1.92. The molecule has 1 N–H and O–H groups in total. The third-order valence-electron chi connectivity index (χ3n) is 4.96. The van der Waals surface area contributed by atoms with E-state index in [4.69, 9.17) is 4.74 Å². The molecule has 0 bridgehead atoms. The molecule has 27 heavy (non-hydrogen) atoms. The minimum atomic E-state index is -3.53. The highest BCUT2D eigenvalue weighted by molar-refractivity contribution is 7.90. The fourth-order valence-electron chi connectivity index (χ4n) is 3.33. The Hall–Kier alpha value is -2.61. The Balaban J connectivity index is 1.58. The van der Waals surface area contributed by atoms with Crippen LogP contribution in [0.5, 0.6) is 5.75 Å². The lowest BCUT2D eigenvalue weighted by Crippen LogP contribution is -2.43. The van der Waals surface area contributed by atoms with Crippen molar-refractivity contribution in [2.24, 2.45) is 10.3 Å². The maximum atomic E-state index is 13.0. The Bertz CT molecular complexity index is 944. The fourth-order valence-corrected chi connectivity index (χ4v) is 4.31. The van der Waals surface area contributed by atoms with Crippen LogP contribution in [0.25, 0.3) is 0 Å². The van der Waals surface area contributed by atoms with E-state index in [2.05, 4.69) is 9.71 Å². The molecule has 1 saturated carbocycles. The van der Waals surface area contributed by atoms with Gasteiger partial charge in [0.05, 0.1) is 24.5 Å². The van der Waals surface area contributed by atoms with Crippen molar-refractivity contribution in [3.8, 4) is 5.75 Å². The molecule has 8 heteroatoms. The standard InChI is InChI=1S/C19H21N3O4S/c1-26-15-8-6-14(7-9-15)17(13-4-5-13)20-19(23)16-3-2-10-22-11-12-27(24,25)21-18(16)22/h2-3,6-10,13,17H,4-5,11-12H2,1H3,(H,20,23). The van der Waals surface area contributed by atoms with E-state index < -0.39 is 10.0 Å². The predicted octanol–water partition coefficient (Wildman–Crippen LogP) is 1.76. The summed E-state index contributed by atoms with van der Waals surface area (Å²) in [6.07, 6.45) is 7.20. The number of hydrogen-bond acceptors (Lipinski definition) is 5. The molecule has 1 amide bonds. The van der Waals surface area contributed by atoms with Crippen LogP contribution in [0.15, 0.2) is 52.6 Å². The number of rotatable bonds is 5. The number of nitrogens with zero attached hydrogens (tertiary/aromatic N) is 2. The molecule has 0 radical (unpaired) electrons. The first-order valence-electron chi connectivity index (χ1n) is 8.90. The topological polar surface area (TPSA) is 88.1 Å². The van der Waals surface area contributed by atoms with Crippen molar-refractivity contribution in [3.63, 3.8) is 0 Å². The molecule has 4 rings (SSSR count). The summed E-state index contributed by atoms with van der Waals surface area (Å²) in [6.45, 7) is 0.298. The number of sulfonamides is 1. The number of amidine groups is 1. The number of hydrogen-bond donors (Lipinski definition) is 1. The Kier molecular flexibility index (Phi) is 4.51. The molecule has 3 aliphatic rings. The van der Waals surface area contributed by atoms with E-state index in [1.165, 1.54) is 0 Å². The highest BCUT2D eigenvalue weighted by Gasteiger charge is 2.36. The highest BCUT2D eigenvalue weighted by Crippen LogP contribution is 2.41. The second-order valence-corrected chi connectivity index (χ2v) is 8.63. The van der Waals surface area contributed by atoms with Gasteiger partial charge in [0.25, 0.3) is 15.9 Å². The van der Waals surface area contributed by atoms with Gasteiger partial charge in [-0.3, -0.25) is 4.79 Å². The van der Waals surface area contributed by atoms with E-state index in [-0.39, 0.29) is 29.1 Å². The van der Waals surface area contributed by atoms with Crippen LogP contribution in [-0.4, -0.2) is 44.5 Å². The highest BCUT2D eigenvalue weighted by atomic mass is 32.2. The minimum Gasteiger partial charge on any atom is -0.497 e. The van der Waals surface area contributed by atoms with Gasteiger partial charge in [0.2, 0.25) is 0 Å². The Morgan fingerprint density at radius 3 is 2.70 bits per heavy atom. The van der Waals surface area contributed by atoms with E-state index in [1.807, 2.05) is 24.3 Å². The second-order valence-electron chi connectivity index (χ2n) is 6.88. The molecule has 0 aromatic heterocycles. The summed E-state index contributed by atoms with van der Waals surface area (Å²) in [5.41, 5.74) is 1.29. The largest absolute Gasteiger partial charge is 0.497 e. The van der Waals surface area contributed by atoms with E-state index >= 15 is 0 Å². The fraction of sp³-hybridized carbons (Fsp3) is 0.368. The summed E-state index contributed by atoms with van der Waals surface area (Å²) in [5, 5.41) is 3.08. The second kappa shape index (κ2) is 6.84. The molecule has 1 aromatic carbocycles. The van der Waals surface area contributed by atoms with Gasteiger partial charge in [-0.05, 0) is 48.6 Å². The lowest BCUT2D eigenvalue weighted by Gasteiger charge is -2.29. The van der Waals surface area contributed by atoms with Gasteiger partial charge >= 0.3 is 0 Å². The van der Waals surface area contributed by atoms with E-state index in [9.17, 15) is 13.2 Å². The lowest BCUT2D eigenvalue weighted by molar-refractivity contribution is -0.117. The van der Waals surface area contributed by atoms with E-state index in [0.717, 1.165) is 24.2 Å². The molecule has 2 heterocycles. The molecule has 1 fully saturated rings. The summed E-state index contributed by atoms with van der Waals surface area (Å²) >= 11 is 0. The third kappa shape index (κ3) is 3.75. The number of benzene rings is 1. The normalized spacial score (nSPS) is 21.6. The lowest BCUT2D eigenvalue weighted by atomic mass is 10.0. The van der Waals surface area contributed by atoms with Crippen molar-refractivity contribution >= 4 is 21.8 Å². The van der Waals surface area contributed by atoms with E-state index in [1.54, 1.807) is 30.4 Å². The summed E-state index contributed by atoms with van der Waals surface area (Å²) in [4.78, 5) is 14.7. The van der Waals surface area contributed by atoms with Crippen LogP contribution in [-0.2, 0) is 14.8 Å². The number of carbonyl (C=O) groups is 1. The Morgan fingerprint density at radius 1 is 1.30 bits per heavy atom. The van der Waals surface area contributed by atoms with Crippen LogP contribution in [0.3, 0.4) is 0 Å². The molecule has 0 spiro atoms. The van der Waals surface area contributed by atoms with Gasteiger partial charge in [-0.15, -0.1) is 4.40 Å². The van der Waals surface area contributed by atoms with Gasteiger partial charge in [0.1, 0.15) is 5.75 Å². The summed E-state index contributed by atoms with van der Waals surface area (Å²) < 4.78 is 32.8. The zero-order valence-corrected chi connectivity index (χ0v) is 15.8. The van der Waals surface area contributed by atoms with Crippen LogP contribution in [0.1, 0.15) is 24.4 Å². The first-order valence-corrected chi connectivity index (χ1v) is 10.5. The van der Waals surface area contributed by atoms with Crippen molar-refractivity contribution < 1.29 is 17.9 Å². The average molecular weight is 387 g/mol. The molecule has 1 aromatic rings. The van der Waals surface area contributed by atoms with Crippen molar-refractivity contribution in [2.75, 3.05) is 19.4 Å². The number of allylic oxidation sites excluding steroid dienone is 2. The number of fused-ring (bicyclic) bond motifs is 1. The monoisotopic (exact) mass is 387 g/mol. The van der Waals surface area contributed by atoms with Gasteiger partial charge in [-0.1, -0.05) is 12.1 Å². The van der Waals surface area contributed by atoms with Gasteiger partial charge in [0.15, 0.2) is 5.84 Å². The third-order valence-corrected chi connectivity index (χ3v) is 6.11. The predicted molar refractivity (Wildman–Crippen MR) is 102 cm³/mol. The number of amides is 1. The van der Waals surface area contributed by atoms with Crippen LogP contribution in [0.4, 0.5) is 0 Å². The van der Waals surface area contributed by atoms with Crippen molar-refractivity contribution in [2.45, 2.75) is 18.9 Å². The molecule has 1 unspecified atom stereocenters. The Morgan fingerprint density at radius 2 is 2.04 bits per heavy atom. The van der Waals surface area contributed by atoms with Gasteiger partial charge in [-0.25, -0.2) is 8.42 Å². The maximum absolute atomic E-state index is 13.0. The van der Waals surface area contributed by atoms with Gasteiger partial charge in [0, 0.05) is 12.7 Å². The SMILES string of the molecule is COc1ccc(C(NC(=O)C2=CC=CN3CCS(=O)(=O)N=C23)C2CC2)cc1. The molecule has 1 aliphatic carbocycles. The number of nitrogens with one attached hydrogen (secondary N) is 1. The first-order chi connectivity index (χ1) is 13.0. The van der Waals surface area contributed by atoms with Crippen molar-refractivity contribution in [1.29, 1.82) is 0 Å². The smallest absolute Gasteiger partial charge is 0.256 e. The minimum absolute atomic E-state index is 0.0493. The molecule has 2 aliphatic heterocycles. The number of carbonyl (C=O) groups excluding carboxylic acids is 1. The quantitative estimate of drug-likeness (QED) is 0.832. The van der Waals surface area contributed by atoms with E-state index in [0.29, 0.717) is 12.5 Å². The molecular weight excluding hydrogens is 366 g/mol. The Labute approximate surface area is 158 Å². The van der Waals surface area contributed by atoms with Crippen LogP contribution >= 0.6 is 0 Å². The first kappa shape index (κ1) is 17.8. The van der Waals surface area contributed by atoms with Crippen LogP contribution in [0, 0.1) is 5.92 Å². The maximum Gasteiger partial charge on any atom is 0.256 e. The van der Waals surface area contributed by atoms with Gasteiger partial charge < -0.3 is 15.0 Å². The zero-order chi connectivity index (χ0) is 19.0. The molecule has 1 atom stereocenters. The summed E-state index contributed by atoms with van der Waals surface area (Å²) in [6, 6.07) is 7.53.